The minimum atomic E-state index is -0.271. The van der Waals surface area contributed by atoms with Crippen molar-refractivity contribution in [3.8, 4) is 34.4 Å². The lowest BCUT2D eigenvalue weighted by molar-refractivity contribution is 0.174. The SMILES string of the molecule is COc1cc2nc(-c3cccc4c3OCO4)[nH]c(=O)c2cc1OC. The second-order valence-electron chi connectivity index (χ2n) is 5.18. The van der Waals surface area contributed by atoms with E-state index in [0.717, 1.165) is 0 Å². The molecule has 4 rings (SSSR count). The molecule has 0 unspecified atom stereocenters. The lowest BCUT2D eigenvalue weighted by Crippen LogP contribution is -2.10. The summed E-state index contributed by atoms with van der Waals surface area (Å²) < 4.78 is 21.4. The van der Waals surface area contributed by atoms with Crippen molar-refractivity contribution in [2.24, 2.45) is 0 Å². The van der Waals surface area contributed by atoms with Crippen LogP contribution >= 0.6 is 0 Å². The molecule has 0 bridgehead atoms. The van der Waals surface area contributed by atoms with E-state index in [1.54, 1.807) is 18.2 Å². The van der Waals surface area contributed by atoms with E-state index < -0.39 is 0 Å². The van der Waals surface area contributed by atoms with Crippen molar-refractivity contribution in [1.82, 2.24) is 9.97 Å². The van der Waals surface area contributed by atoms with Crippen LogP contribution in [-0.2, 0) is 0 Å². The summed E-state index contributed by atoms with van der Waals surface area (Å²) in [7, 11) is 3.05. The molecule has 0 saturated carbocycles. The Kier molecular flexibility index (Phi) is 3.26. The number of nitrogens with zero attached hydrogens (tertiary/aromatic N) is 1. The zero-order chi connectivity index (χ0) is 16.7. The molecule has 7 nitrogen and oxygen atoms in total. The maximum atomic E-state index is 12.5. The van der Waals surface area contributed by atoms with Crippen molar-refractivity contribution in [2.45, 2.75) is 0 Å². The van der Waals surface area contributed by atoms with E-state index in [-0.39, 0.29) is 12.4 Å². The first kappa shape index (κ1) is 14.4. The Balaban J connectivity index is 1.96. The molecule has 122 valence electrons. The third kappa shape index (κ3) is 2.13. The maximum absolute atomic E-state index is 12.5. The average Bonchev–Trinajstić information content (AvgIpc) is 3.09. The number of benzene rings is 2. The largest absolute Gasteiger partial charge is 0.493 e. The fourth-order valence-corrected chi connectivity index (χ4v) is 2.71. The third-order valence-corrected chi connectivity index (χ3v) is 3.86. The number of ether oxygens (including phenoxy) is 4. The van der Waals surface area contributed by atoms with Gasteiger partial charge >= 0.3 is 0 Å². The first-order valence-corrected chi connectivity index (χ1v) is 7.26. The summed E-state index contributed by atoms with van der Waals surface area (Å²) in [5.74, 6) is 2.58. The van der Waals surface area contributed by atoms with Gasteiger partial charge in [-0.25, -0.2) is 4.98 Å². The number of fused-ring (bicyclic) bond motifs is 2. The summed E-state index contributed by atoms with van der Waals surface area (Å²) >= 11 is 0. The highest BCUT2D eigenvalue weighted by Gasteiger charge is 2.20. The number of aromatic nitrogens is 2. The molecule has 2 aromatic carbocycles. The van der Waals surface area contributed by atoms with E-state index in [4.69, 9.17) is 18.9 Å². The Morgan fingerprint density at radius 2 is 1.92 bits per heavy atom. The van der Waals surface area contributed by atoms with E-state index in [0.29, 0.717) is 45.3 Å². The molecule has 2 heterocycles. The molecule has 1 N–H and O–H groups in total. The summed E-state index contributed by atoms with van der Waals surface area (Å²) in [5.41, 5.74) is 0.897. The smallest absolute Gasteiger partial charge is 0.259 e. The van der Waals surface area contributed by atoms with Crippen LogP contribution in [0, 0.1) is 0 Å². The maximum Gasteiger partial charge on any atom is 0.259 e. The van der Waals surface area contributed by atoms with E-state index in [9.17, 15) is 4.79 Å². The Bertz CT molecular complexity index is 996. The van der Waals surface area contributed by atoms with Gasteiger partial charge in [0.15, 0.2) is 23.0 Å². The number of rotatable bonds is 3. The zero-order valence-corrected chi connectivity index (χ0v) is 13.1. The minimum absolute atomic E-state index is 0.148. The summed E-state index contributed by atoms with van der Waals surface area (Å²) in [6.07, 6.45) is 0. The lowest BCUT2D eigenvalue weighted by Gasteiger charge is -2.10. The summed E-state index contributed by atoms with van der Waals surface area (Å²) in [5, 5.41) is 0.418. The molecule has 0 fully saturated rings. The van der Waals surface area contributed by atoms with Crippen molar-refractivity contribution in [2.75, 3.05) is 21.0 Å². The fraction of sp³-hybridized carbons (Fsp3) is 0.176. The van der Waals surface area contributed by atoms with Gasteiger partial charge in [-0.2, -0.15) is 0 Å². The number of nitrogens with one attached hydrogen (secondary N) is 1. The van der Waals surface area contributed by atoms with Crippen LogP contribution in [0.3, 0.4) is 0 Å². The van der Waals surface area contributed by atoms with Crippen molar-refractivity contribution in [3.05, 3.63) is 40.7 Å². The van der Waals surface area contributed by atoms with Gasteiger partial charge in [-0.15, -0.1) is 0 Å². The highest BCUT2D eigenvalue weighted by Crippen LogP contribution is 2.40. The van der Waals surface area contributed by atoms with Gasteiger partial charge in [-0.05, 0) is 18.2 Å². The van der Waals surface area contributed by atoms with Crippen molar-refractivity contribution in [1.29, 1.82) is 0 Å². The molecule has 0 aliphatic carbocycles. The predicted octanol–water partition coefficient (Wildman–Crippen LogP) is 2.34. The van der Waals surface area contributed by atoms with Gasteiger partial charge in [0.1, 0.15) is 5.82 Å². The van der Waals surface area contributed by atoms with Crippen LogP contribution in [0.4, 0.5) is 0 Å². The van der Waals surface area contributed by atoms with E-state index in [2.05, 4.69) is 9.97 Å². The van der Waals surface area contributed by atoms with E-state index in [1.807, 2.05) is 12.1 Å². The number of aromatic amines is 1. The fourth-order valence-electron chi connectivity index (χ4n) is 2.71. The van der Waals surface area contributed by atoms with Crippen molar-refractivity contribution >= 4 is 10.9 Å². The molecule has 3 aromatic rings. The summed E-state index contributed by atoms with van der Waals surface area (Å²) in [6, 6.07) is 8.73. The number of hydrogen-bond donors (Lipinski definition) is 1. The first-order chi connectivity index (χ1) is 11.7. The molecular formula is C17H14N2O5. The Labute approximate surface area is 136 Å². The Morgan fingerprint density at radius 3 is 2.71 bits per heavy atom. The molecular weight excluding hydrogens is 312 g/mol. The molecule has 0 saturated heterocycles. The van der Waals surface area contributed by atoms with Crippen LogP contribution in [-0.4, -0.2) is 31.0 Å². The second kappa shape index (κ2) is 5.45. The van der Waals surface area contributed by atoms with Crippen LogP contribution in [0.25, 0.3) is 22.3 Å². The standard InChI is InChI=1S/C17H14N2O5/c1-21-13-6-10-11(7-14(13)22-2)18-16(19-17(10)20)9-4-3-5-12-15(9)24-8-23-12/h3-7H,8H2,1-2H3,(H,18,19,20). The highest BCUT2D eigenvalue weighted by molar-refractivity contribution is 5.84. The van der Waals surface area contributed by atoms with Crippen LogP contribution in [0.2, 0.25) is 0 Å². The molecule has 1 aromatic heterocycles. The molecule has 0 atom stereocenters. The second-order valence-corrected chi connectivity index (χ2v) is 5.18. The van der Waals surface area contributed by atoms with Crippen LogP contribution < -0.4 is 24.5 Å². The molecule has 0 amide bonds. The van der Waals surface area contributed by atoms with Gasteiger partial charge in [0.2, 0.25) is 6.79 Å². The van der Waals surface area contributed by atoms with Gasteiger partial charge in [-0.1, -0.05) is 6.07 Å². The molecule has 0 spiro atoms. The van der Waals surface area contributed by atoms with Crippen LogP contribution in [0.1, 0.15) is 0 Å². The van der Waals surface area contributed by atoms with Gasteiger partial charge < -0.3 is 23.9 Å². The van der Waals surface area contributed by atoms with Crippen molar-refractivity contribution in [3.63, 3.8) is 0 Å². The van der Waals surface area contributed by atoms with Gasteiger partial charge in [0.25, 0.3) is 5.56 Å². The van der Waals surface area contributed by atoms with Gasteiger partial charge in [0, 0.05) is 6.07 Å². The zero-order valence-electron chi connectivity index (χ0n) is 13.1. The number of methoxy groups -OCH3 is 2. The first-order valence-electron chi connectivity index (χ1n) is 7.26. The lowest BCUT2D eigenvalue weighted by atomic mass is 10.1. The van der Waals surface area contributed by atoms with E-state index in [1.165, 1.54) is 14.2 Å². The summed E-state index contributed by atoms with van der Waals surface area (Å²) in [6.45, 7) is 0.148. The molecule has 1 aliphatic rings. The average molecular weight is 326 g/mol. The highest BCUT2D eigenvalue weighted by atomic mass is 16.7. The Hall–Kier alpha value is -3.22. The number of H-pyrrole nitrogens is 1. The quantitative estimate of drug-likeness (QED) is 0.795. The molecule has 24 heavy (non-hydrogen) atoms. The van der Waals surface area contributed by atoms with Crippen LogP contribution in [0.15, 0.2) is 35.1 Å². The summed E-state index contributed by atoms with van der Waals surface area (Å²) in [4.78, 5) is 19.8. The molecule has 7 heteroatoms. The topological polar surface area (TPSA) is 82.7 Å². The monoisotopic (exact) mass is 326 g/mol. The van der Waals surface area contributed by atoms with E-state index >= 15 is 0 Å². The van der Waals surface area contributed by atoms with Crippen molar-refractivity contribution < 1.29 is 18.9 Å². The Morgan fingerprint density at radius 1 is 1.12 bits per heavy atom. The van der Waals surface area contributed by atoms with Gasteiger partial charge in [0.05, 0.1) is 30.7 Å². The molecule has 1 aliphatic heterocycles. The third-order valence-electron chi connectivity index (χ3n) is 3.86. The predicted molar refractivity (Wildman–Crippen MR) is 87.0 cm³/mol. The van der Waals surface area contributed by atoms with Crippen LogP contribution in [0.5, 0.6) is 23.0 Å². The normalized spacial score (nSPS) is 12.4. The molecule has 0 radical (unpaired) electrons. The number of para-hydroxylation sites is 1. The minimum Gasteiger partial charge on any atom is -0.493 e. The van der Waals surface area contributed by atoms with Gasteiger partial charge in [-0.3, -0.25) is 4.79 Å². The number of hydrogen-bond acceptors (Lipinski definition) is 6.